The van der Waals surface area contributed by atoms with Crippen LogP contribution in [0.2, 0.25) is 0 Å². The zero-order valence-electron chi connectivity index (χ0n) is 7.24. The summed E-state index contributed by atoms with van der Waals surface area (Å²) in [5.74, 6) is 0. The Kier molecular flexibility index (Phi) is 3.94. The topological polar surface area (TPSA) is 37.4 Å². The summed E-state index contributed by atoms with van der Waals surface area (Å²) in [5, 5.41) is 0. The number of nitrogens with zero attached hydrogens (tertiary/aromatic N) is 1. The summed E-state index contributed by atoms with van der Waals surface area (Å²) in [4.78, 5) is 22.8. The SMILES string of the molecule is O=CCCN1CCCCC1C=O. The summed E-state index contributed by atoms with van der Waals surface area (Å²) >= 11 is 0. The Balaban J connectivity index is 2.35. The normalized spacial score (nSPS) is 25.2. The molecule has 1 aliphatic rings. The second kappa shape index (κ2) is 5.04. The molecule has 1 rings (SSSR count). The third kappa shape index (κ3) is 2.41. The van der Waals surface area contributed by atoms with Crippen molar-refractivity contribution in [3.8, 4) is 0 Å². The van der Waals surface area contributed by atoms with Crippen molar-refractivity contribution in [2.24, 2.45) is 0 Å². The Morgan fingerprint density at radius 3 is 2.83 bits per heavy atom. The van der Waals surface area contributed by atoms with Crippen LogP contribution in [0.4, 0.5) is 0 Å². The van der Waals surface area contributed by atoms with E-state index in [1.807, 2.05) is 0 Å². The Labute approximate surface area is 72.7 Å². The summed E-state index contributed by atoms with van der Waals surface area (Å²) in [6.07, 6.45) is 5.72. The zero-order valence-corrected chi connectivity index (χ0v) is 7.24. The second-order valence-corrected chi connectivity index (χ2v) is 3.19. The summed E-state index contributed by atoms with van der Waals surface area (Å²) < 4.78 is 0. The van der Waals surface area contributed by atoms with Crippen molar-refractivity contribution in [3.05, 3.63) is 0 Å². The lowest BCUT2D eigenvalue weighted by atomic mass is 10.0. The molecule has 1 heterocycles. The van der Waals surface area contributed by atoms with E-state index in [9.17, 15) is 9.59 Å². The molecule has 0 aromatic rings. The van der Waals surface area contributed by atoms with Crippen LogP contribution in [0.3, 0.4) is 0 Å². The summed E-state index contributed by atoms with van der Waals surface area (Å²) in [6, 6.07) is 0.0682. The first-order valence-electron chi connectivity index (χ1n) is 4.51. The highest BCUT2D eigenvalue weighted by Crippen LogP contribution is 2.14. The van der Waals surface area contributed by atoms with Gasteiger partial charge < -0.3 is 9.59 Å². The fourth-order valence-corrected chi connectivity index (χ4v) is 1.67. The first-order valence-corrected chi connectivity index (χ1v) is 4.51. The minimum atomic E-state index is 0.0682. The lowest BCUT2D eigenvalue weighted by Crippen LogP contribution is -2.41. The number of carbonyl (C=O) groups is 2. The predicted octanol–water partition coefficient (Wildman–Crippen LogP) is 0.629. The summed E-state index contributed by atoms with van der Waals surface area (Å²) in [5.41, 5.74) is 0. The summed E-state index contributed by atoms with van der Waals surface area (Å²) in [6.45, 7) is 1.71. The Morgan fingerprint density at radius 1 is 1.33 bits per heavy atom. The van der Waals surface area contributed by atoms with Crippen LogP contribution in [-0.4, -0.2) is 36.6 Å². The van der Waals surface area contributed by atoms with Gasteiger partial charge in [0, 0.05) is 13.0 Å². The van der Waals surface area contributed by atoms with E-state index in [-0.39, 0.29) is 6.04 Å². The van der Waals surface area contributed by atoms with Gasteiger partial charge in [-0.05, 0) is 19.4 Å². The van der Waals surface area contributed by atoms with Gasteiger partial charge in [0.1, 0.15) is 12.6 Å². The van der Waals surface area contributed by atoms with Gasteiger partial charge in [-0.1, -0.05) is 6.42 Å². The van der Waals surface area contributed by atoms with E-state index >= 15 is 0 Å². The van der Waals surface area contributed by atoms with Crippen LogP contribution >= 0.6 is 0 Å². The maximum atomic E-state index is 10.6. The van der Waals surface area contributed by atoms with Crippen molar-refractivity contribution in [3.63, 3.8) is 0 Å². The fourth-order valence-electron chi connectivity index (χ4n) is 1.67. The monoisotopic (exact) mass is 169 g/mol. The standard InChI is InChI=1S/C9H15NO2/c11-7-3-6-10-5-2-1-4-9(10)8-12/h7-9H,1-6H2. The van der Waals surface area contributed by atoms with Crippen LogP contribution in [0.5, 0.6) is 0 Å². The van der Waals surface area contributed by atoms with Crippen molar-refractivity contribution in [2.45, 2.75) is 31.7 Å². The first-order chi connectivity index (χ1) is 5.88. The quantitative estimate of drug-likeness (QED) is 0.579. The van der Waals surface area contributed by atoms with Crippen LogP contribution in [0, 0.1) is 0 Å². The molecular formula is C9H15NO2. The maximum absolute atomic E-state index is 10.6. The zero-order chi connectivity index (χ0) is 8.81. The van der Waals surface area contributed by atoms with Gasteiger partial charge in [-0.3, -0.25) is 4.90 Å². The van der Waals surface area contributed by atoms with Gasteiger partial charge in [0.15, 0.2) is 0 Å². The molecule has 1 fully saturated rings. The molecule has 68 valence electrons. The number of aldehydes is 2. The third-order valence-corrected chi connectivity index (χ3v) is 2.36. The molecule has 0 saturated carbocycles. The van der Waals surface area contributed by atoms with Crippen molar-refractivity contribution in [1.29, 1.82) is 0 Å². The highest BCUT2D eigenvalue weighted by Gasteiger charge is 2.20. The number of rotatable bonds is 4. The van der Waals surface area contributed by atoms with Crippen molar-refractivity contribution in [2.75, 3.05) is 13.1 Å². The first kappa shape index (κ1) is 9.39. The predicted molar refractivity (Wildman–Crippen MR) is 46.0 cm³/mol. The van der Waals surface area contributed by atoms with Gasteiger partial charge in [0.25, 0.3) is 0 Å². The van der Waals surface area contributed by atoms with Gasteiger partial charge in [0.05, 0.1) is 6.04 Å². The van der Waals surface area contributed by atoms with Crippen molar-refractivity contribution in [1.82, 2.24) is 4.90 Å². The molecule has 0 spiro atoms. The molecule has 3 heteroatoms. The number of piperidine rings is 1. The fraction of sp³-hybridized carbons (Fsp3) is 0.778. The van der Waals surface area contributed by atoms with E-state index < -0.39 is 0 Å². The van der Waals surface area contributed by atoms with Gasteiger partial charge in [0.2, 0.25) is 0 Å². The molecule has 0 aromatic heterocycles. The number of hydrogen-bond acceptors (Lipinski definition) is 3. The number of hydrogen-bond donors (Lipinski definition) is 0. The molecule has 1 atom stereocenters. The molecule has 3 nitrogen and oxygen atoms in total. The van der Waals surface area contributed by atoms with E-state index in [2.05, 4.69) is 4.90 Å². The molecular weight excluding hydrogens is 154 g/mol. The van der Waals surface area contributed by atoms with Gasteiger partial charge in [-0.2, -0.15) is 0 Å². The van der Waals surface area contributed by atoms with Crippen LogP contribution in [0.15, 0.2) is 0 Å². The minimum Gasteiger partial charge on any atom is -0.303 e. The average Bonchev–Trinajstić information content (AvgIpc) is 2.15. The molecule has 0 aromatic carbocycles. The van der Waals surface area contributed by atoms with Gasteiger partial charge in [-0.25, -0.2) is 0 Å². The molecule has 0 bridgehead atoms. The number of likely N-dealkylation sites (tertiary alicyclic amines) is 1. The molecule has 0 amide bonds. The minimum absolute atomic E-state index is 0.0682. The number of carbonyl (C=O) groups excluding carboxylic acids is 2. The van der Waals surface area contributed by atoms with E-state index in [1.54, 1.807) is 0 Å². The molecule has 1 saturated heterocycles. The van der Waals surface area contributed by atoms with E-state index in [0.717, 1.165) is 44.9 Å². The molecule has 0 radical (unpaired) electrons. The molecule has 0 aliphatic carbocycles. The van der Waals surface area contributed by atoms with E-state index in [1.165, 1.54) is 0 Å². The van der Waals surface area contributed by atoms with Crippen LogP contribution < -0.4 is 0 Å². The Bertz CT molecular complexity index is 159. The molecule has 1 aliphatic heterocycles. The van der Waals surface area contributed by atoms with Crippen LogP contribution in [0.1, 0.15) is 25.7 Å². The van der Waals surface area contributed by atoms with Crippen LogP contribution in [0.25, 0.3) is 0 Å². The highest BCUT2D eigenvalue weighted by atomic mass is 16.1. The molecule has 1 unspecified atom stereocenters. The highest BCUT2D eigenvalue weighted by molar-refractivity contribution is 5.58. The summed E-state index contributed by atoms with van der Waals surface area (Å²) in [7, 11) is 0. The van der Waals surface area contributed by atoms with Gasteiger partial charge >= 0.3 is 0 Å². The molecule has 12 heavy (non-hydrogen) atoms. The Morgan fingerprint density at radius 2 is 2.17 bits per heavy atom. The average molecular weight is 169 g/mol. The van der Waals surface area contributed by atoms with Crippen LogP contribution in [-0.2, 0) is 9.59 Å². The van der Waals surface area contributed by atoms with E-state index in [4.69, 9.17) is 0 Å². The van der Waals surface area contributed by atoms with Crippen molar-refractivity contribution >= 4 is 12.6 Å². The third-order valence-electron chi connectivity index (χ3n) is 2.36. The Hall–Kier alpha value is -0.700. The van der Waals surface area contributed by atoms with Gasteiger partial charge in [-0.15, -0.1) is 0 Å². The largest absolute Gasteiger partial charge is 0.303 e. The molecule has 0 N–H and O–H groups in total. The lowest BCUT2D eigenvalue weighted by Gasteiger charge is -2.31. The van der Waals surface area contributed by atoms with E-state index in [0.29, 0.717) is 6.42 Å². The lowest BCUT2D eigenvalue weighted by molar-refractivity contribution is -0.114. The second-order valence-electron chi connectivity index (χ2n) is 3.19. The maximum Gasteiger partial charge on any atom is 0.137 e. The van der Waals surface area contributed by atoms with Crippen molar-refractivity contribution < 1.29 is 9.59 Å². The smallest absolute Gasteiger partial charge is 0.137 e.